The Morgan fingerprint density at radius 3 is 2.68 bits per heavy atom. The highest BCUT2D eigenvalue weighted by Crippen LogP contribution is 2.26. The SMILES string of the molecule is COc1ccc(CN2CCC(CNC(=O)c3cncc(F)c3)CC2)c(C)c1C. The van der Waals surface area contributed by atoms with E-state index in [2.05, 4.69) is 35.1 Å². The average molecular weight is 385 g/mol. The van der Waals surface area contributed by atoms with Gasteiger partial charge in [-0.25, -0.2) is 4.39 Å². The van der Waals surface area contributed by atoms with Crippen LogP contribution in [-0.2, 0) is 6.54 Å². The van der Waals surface area contributed by atoms with E-state index in [4.69, 9.17) is 4.74 Å². The van der Waals surface area contributed by atoms with Gasteiger partial charge < -0.3 is 10.1 Å². The van der Waals surface area contributed by atoms with Crippen LogP contribution in [0.3, 0.4) is 0 Å². The zero-order chi connectivity index (χ0) is 20.1. The zero-order valence-corrected chi connectivity index (χ0v) is 16.8. The summed E-state index contributed by atoms with van der Waals surface area (Å²) in [5.74, 6) is 0.619. The van der Waals surface area contributed by atoms with E-state index < -0.39 is 5.82 Å². The highest BCUT2D eigenvalue weighted by molar-refractivity contribution is 5.93. The number of benzene rings is 1. The number of piperidine rings is 1. The summed E-state index contributed by atoms with van der Waals surface area (Å²) in [5.41, 5.74) is 4.09. The van der Waals surface area contributed by atoms with Gasteiger partial charge in [-0.05, 0) is 74.5 Å². The molecule has 0 atom stereocenters. The van der Waals surface area contributed by atoms with E-state index in [-0.39, 0.29) is 11.5 Å². The second-order valence-electron chi connectivity index (χ2n) is 7.50. The monoisotopic (exact) mass is 385 g/mol. The molecule has 1 fully saturated rings. The Kier molecular flexibility index (Phi) is 6.62. The molecule has 1 saturated heterocycles. The lowest BCUT2D eigenvalue weighted by molar-refractivity contribution is 0.0934. The lowest BCUT2D eigenvalue weighted by atomic mass is 9.95. The van der Waals surface area contributed by atoms with Crippen LogP contribution in [0.15, 0.2) is 30.6 Å². The third-order valence-electron chi connectivity index (χ3n) is 5.69. The number of hydrogen-bond donors (Lipinski definition) is 1. The van der Waals surface area contributed by atoms with Crippen molar-refractivity contribution < 1.29 is 13.9 Å². The van der Waals surface area contributed by atoms with Crippen LogP contribution in [0.1, 0.15) is 39.9 Å². The topological polar surface area (TPSA) is 54.5 Å². The molecule has 2 aromatic rings. The molecule has 1 aromatic carbocycles. The van der Waals surface area contributed by atoms with E-state index in [0.717, 1.165) is 44.4 Å². The Hall–Kier alpha value is -2.47. The first kappa shape index (κ1) is 20.3. The molecule has 1 N–H and O–H groups in total. The molecule has 150 valence electrons. The maximum absolute atomic E-state index is 13.2. The smallest absolute Gasteiger partial charge is 0.252 e. The van der Waals surface area contributed by atoms with Gasteiger partial charge in [0.2, 0.25) is 0 Å². The minimum absolute atomic E-state index is 0.265. The standard InChI is InChI=1S/C22H28FN3O2/c1-15-16(2)21(28-3)5-4-18(15)14-26-8-6-17(7-9-26)11-25-22(27)19-10-20(23)13-24-12-19/h4-5,10,12-13,17H,6-9,11,14H2,1-3H3,(H,25,27). The van der Waals surface area contributed by atoms with Crippen molar-refractivity contribution in [2.75, 3.05) is 26.7 Å². The molecule has 2 heterocycles. The largest absolute Gasteiger partial charge is 0.496 e. The molecule has 0 bridgehead atoms. The van der Waals surface area contributed by atoms with Gasteiger partial charge in [0.25, 0.3) is 5.91 Å². The fourth-order valence-electron chi connectivity index (χ4n) is 3.71. The third kappa shape index (κ3) is 4.87. The van der Waals surface area contributed by atoms with Gasteiger partial charge in [-0.1, -0.05) is 6.07 Å². The number of methoxy groups -OCH3 is 1. The molecule has 0 unspecified atom stereocenters. The van der Waals surface area contributed by atoms with E-state index >= 15 is 0 Å². The molecule has 1 aromatic heterocycles. The Labute approximate surface area is 165 Å². The van der Waals surface area contributed by atoms with Gasteiger partial charge in [0, 0.05) is 19.3 Å². The van der Waals surface area contributed by atoms with Crippen LogP contribution >= 0.6 is 0 Å². The van der Waals surface area contributed by atoms with Gasteiger partial charge in [-0.15, -0.1) is 0 Å². The molecule has 1 aliphatic heterocycles. The molecule has 5 nitrogen and oxygen atoms in total. The van der Waals surface area contributed by atoms with Crippen molar-refractivity contribution in [2.24, 2.45) is 5.92 Å². The van der Waals surface area contributed by atoms with Crippen LogP contribution in [0.25, 0.3) is 0 Å². The van der Waals surface area contributed by atoms with Gasteiger partial charge in [-0.2, -0.15) is 0 Å². The van der Waals surface area contributed by atoms with Gasteiger partial charge in [-0.3, -0.25) is 14.7 Å². The first-order chi connectivity index (χ1) is 13.5. The molecule has 0 aliphatic carbocycles. The predicted octanol–water partition coefficient (Wildman–Crippen LogP) is 3.49. The molecular weight excluding hydrogens is 357 g/mol. The van der Waals surface area contributed by atoms with Crippen LogP contribution < -0.4 is 10.1 Å². The van der Waals surface area contributed by atoms with Crippen molar-refractivity contribution in [1.29, 1.82) is 0 Å². The van der Waals surface area contributed by atoms with Crippen molar-refractivity contribution in [2.45, 2.75) is 33.2 Å². The second-order valence-corrected chi connectivity index (χ2v) is 7.50. The summed E-state index contributed by atoms with van der Waals surface area (Å²) in [6, 6.07) is 5.41. The van der Waals surface area contributed by atoms with E-state index in [0.29, 0.717) is 12.5 Å². The number of carbonyl (C=O) groups is 1. The molecule has 6 heteroatoms. The molecule has 0 spiro atoms. The Morgan fingerprint density at radius 1 is 1.25 bits per heavy atom. The van der Waals surface area contributed by atoms with Crippen molar-refractivity contribution in [3.63, 3.8) is 0 Å². The van der Waals surface area contributed by atoms with Gasteiger partial charge in [0.1, 0.15) is 11.6 Å². The van der Waals surface area contributed by atoms with Gasteiger partial charge in [0.15, 0.2) is 0 Å². The summed E-state index contributed by atoms with van der Waals surface area (Å²) in [4.78, 5) is 18.3. The minimum Gasteiger partial charge on any atom is -0.496 e. The number of nitrogens with zero attached hydrogens (tertiary/aromatic N) is 2. The molecule has 28 heavy (non-hydrogen) atoms. The summed E-state index contributed by atoms with van der Waals surface area (Å²) in [5, 5.41) is 2.91. The van der Waals surface area contributed by atoms with Crippen molar-refractivity contribution in [3.05, 3.63) is 58.7 Å². The molecular formula is C22H28FN3O2. The van der Waals surface area contributed by atoms with E-state index in [9.17, 15) is 9.18 Å². The predicted molar refractivity (Wildman–Crippen MR) is 107 cm³/mol. The normalized spacial score (nSPS) is 15.4. The van der Waals surface area contributed by atoms with E-state index in [1.54, 1.807) is 7.11 Å². The van der Waals surface area contributed by atoms with Crippen LogP contribution in [0, 0.1) is 25.6 Å². The average Bonchev–Trinajstić information content (AvgIpc) is 2.71. The maximum Gasteiger partial charge on any atom is 0.252 e. The molecule has 1 aliphatic rings. The van der Waals surface area contributed by atoms with Gasteiger partial charge in [0.05, 0.1) is 18.9 Å². The maximum atomic E-state index is 13.2. The van der Waals surface area contributed by atoms with Crippen LogP contribution in [0.2, 0.25) is 0 Å². The highest BCUT2D eigenvalue weighted by atomic mass is 19.1. The number of nitrogens with one attached hydrogen (secondary N) is 1. The fourth-order valence-corrected chi connectivity index (χ4v) is 3.71. The summed E-state index contributed by atoms with van der Waals surface area (Å²) in [7, 11) is 1.70. The second kappa shape index (κ2) is 9.15. The molecule has 0 saturated carbocycles. The van der Waals surface area contributed by atoms with Crippen LogP contribution in [-0.4, -0.2) is 42.5 Å². The summed E-state index contributed by atoms with van der Waals surface area (Å²) < 4.78 is 18.6. The lowest BCUT2D eigenvalue weighted by Gasteiger charge is -2.32. The first-order valence-corrected chi connectivity index (χ1v) is 9.72. The lowest BCUT2D eigenvalue weighted by Crippen LogP contribution is -2.38. The first-order valence-electron chi connectivity index (χ1n) is 9.72. The minimum atomic E-state index is -0.495. The molecule has 3 rings (SSSR count). The van der Waals surface area contributed by atoms with Crippen LogP contribution in [0.5, 0.6) is 5.75 Å². The van der Waals surface area contributed by atoms with E-state index in [1.165, 1.54) is 29.0 Å². The number of amides is 1. The summed E-state index contributed by atoms with van der Waals surface area (Å²) in [6.07, 6.45) is 4.56. The summed E-state index contributed by atoms with van der Waals surface area (Å²) >= 11 is 0. The van der Waals surface area contributed by atoms with Crippen LogP contribution in [0.4, 0.5) is 4.39 Å². The number of hydrogen-bond acceptors (Lipinski definition) is 4. The Bertz CT molecular complexity index is 833. The van der Waals surface area contributed by atoms with Crippen molar-refractivity contribution in [1.82, 2.24) is 15.2 Å². The zero-order valence-electron chi connectivity index (χ0n) is 16.8. The Balaban J connectivity index is 1.47. The number of rotatable bonds is 6. The highest BCUT2D eigenvalue weighted by Gasteiger charge is 2.21. The van der Waals surface area contributed by atoms with Crippen molar-refractivity contribution >= 4 is 5.91 Å². The number of aromatic nitrogens is 1. The number of pyridine rings is 1. The molecule has 0 radical (unpaired) electrons. The number of halogens is 1. The summed E-state index contributed by atoms with van der Waals surface area (Å²) in [6.45, 7) is 7.81. The van der Waals surface area contributed by atoms with E-state index in [1.807, 2.05) is 6.07 Å². The fraction of sp³-hybridized carbons (Fsp3) is 0.455. The Morgan fingerprint density at radius 2 is 2.00 bits per heavy atom. The van der Waals surface area contributed by atoms with Crippen molar-refractivity contribution in [3.8, 4) is 5.75 Å². The van der Waals surface area contributed by atoms with Gasteiger partial charge >= 0.3 is 0 Å². The number of likely N-dealkylation sites (tertiary alicyclic amines) is 1. The molecule has 1 amide bonds. The number of carbonyl (C=O) groups excluding carboxylic acids is 1. The quantitative estimate of drug-likeness (QED) is 0.827. The number of ether oxygens (including phenoxy) is 1. The third-order valence-corrected chi connectivity index (χ3v) is 5.69.